The Morgan fingerprint density at radius 1 is 0.552 bits per heavy atom. The lowest BCUT2D eigenvalue weighted by Crippen LogP contribution is -2.91. The van der Waals surface area contributed by atoms with E-state index in [-0.39, 0.29) is 0 Å². The summed E-state index contributed by atoms with van der Waals surface area (Å²) >= 11 is 0. The van der Waals surface area contributed by atoms with E-state index in [0.29, 0.717) is 0 Å². The summed E-state index contributed by atoms with van der Waals surface area (Å²) in [6, 6.07) is 23.1. The Labute approximate surface area is 182 Å². The maximum atomic E-state index is 2.92. The third-order valence-electron chi connectivity index (χ3n) is 7.55. The van der Waals surface area contributed by atoms with Crippen LogP contribution in [-0.4, -0.2) is 57.9 Å². The molecule has 0 saturated carbocycles. The fourth-order valence-electron chi connectivity index (χ4n) is 5.40. The highest BCUT2D eigenvalue weighted by atomic mass is 29.6. The minimum absolute atomic E-state index is 1.13. The molecule has 0 fully saturated rings. The minimum atomic E-state index is -2.11. The van der Waals surface area contributed by atoms with E-state index in [2.05, 4.69) is 124 Å². The molecule has 0 unspecified atom stereocenters. The van der Waals surface area contributed by atoms with E-state index in [1.54, 1.807) is 10.4 Å². The average molecular weight is 443 g/mol. The Morgan fingerprint density at radius 2 is 0.897 bits per heavy atom. The molecular weight excluding hydrogens is 401 g/mol. The number of hydrogen-bond acceptors (Lipinski definition) is 2. The molecule has 0 aliphatic heterocycles. The lowest BCUT2D eigenvalue weighted by Gasteiger charge is -2.60. The summed E-state index contributed by atoms with van der Waals surface area (Å²) in [5.74, 6) is 0. The molecule has 2 nitrogen and oxygen atoms in total. The molecule has 2 rings (SSSR count). The Kier molecular flexibility index (Phi) is 8.27. The molecule has 0 spiro atoms. The first-order valence-electron chi connectivity index (χ1n) is 11.4. The van der Waals surface area contributed by atoms with E-state index in [0.717, 1.165) is 26.2 Å². The van der Waals surface area contributed by atoms with Crippen LogP contribution in [0.25, 0.3) is 0 Å². The van der Waals surface area contributed by atoms with Gasteiger partial charge in [0.05, 0.1) is 14.7 Å². The largest absolute Gasteiger partial charge is 0.311 e. The molecule has 0 atom stereocenters. The smallest absolute Gasteiger partial charge is 0.221 e. The topological polar surface area (TPSA) is 6.48 Å². The van der Waals surface area contributed by atoms with Gasteiger partial charge in [-0.1, -0.05) is 120 Å². The van der Waals surface area contributed by atoms with E-state index in [1.165, 1.54) is 0 Å². The van der Waals surface area contributed by atoms with Crippen LogP contribution in [0.5, 0.6) is 0 Å². The highest BCUT2D eigenvalue weighted by Crippen LogP contribution is 2.34. The molecule has 0 heterocycles. The molecule has 2 aromatic rings. The van der Waals surface area contributed by atoms with Crippen molar-refractivity contribution in [3.05, 3.63) is 60.7 Å². The Hall–Kier alpha value is -0.989. The maximum absolute atomic E-state index is 2.92. The molecule has 0 radical (unpaired) electrons. The van der Waals surface area contributed by atoms with Gasteiger partial charge in [-0.2, -0.15) is 0 Å². The zero-order chi connectivity index (χ0) is 21.7. The fraction of sp³-hybridized carbons (Fsp3) is 0.500. The van der Waals surface area contributed by atoms with Crippen LogP contribution < -0.4 is 10.4 Å². The molecular formula is C24H42N2Si3. The van der Waals surface area contributed by atoms with Crippen molar-refractivity contribution in [2.24, 2.45) is 0 Å². The van der Waals surface area contributed by atoms with Crippen molar-refractivity contribution in [3.8, 4) is 0 Å². The van der Waals surface area contributed by atoms with Crippen LogP contribution >= 0.6 is 0 Å². The monoisotopic (exact) mass is 442 g/mol. The first-order chi connectivity index (χ1) is 13.7. The van der Waals surface area contributed by atoms with E-state index >= 15 is 0 Å². The first kappa shape index (κ1) is 24.3. The molecule has 0 aliphatic rings. The highest BCUT2D eigenvalue weighted by Gasteiger charge is 2.64. The average Bonchev–Trinajstić information content (AvgIpc) is 2.74. The summed E-state index contributed by atoms with van der Waals surface area (Å²) in [5, 5.41) is 3.25. The van der Waals surface area contributed by atoms with Gasteiger partial charge in [0.1, 0.15) is 0 Å². The second kappa shape index (κ2) is 9.88. The van der Waals surface area contributed by atoms with Gasteiger partial charge in [0.15, 0.2) is 0 Å². The zero-order valence-electron chi connectivity index (χ0n) is 20.0. The number of hydrogen-bond donors (Lipinski definition) is 0. The van der Waals surface area contributed by atoms with Gasteiger partial charge in [0, 0.05) is 0 Å². The molecule has 160 valence electrons. The van der Waals surface area contributed by atoms with Crippen LogP contribution in [0.3, 0.4) is 0 Å². The summed E-state index contributed by atoms with van der Waals surface area (Å²) < 4.78 is 5.83. The van der Waals surface area contributed by atoms with E-state index in [9.17, 15) is 0 Å². The minimum Gasteiger partial charge on any atom is -0.311 e. The van der Waals surface area contributed by atoms with Gasteiger partial charge in [-0.25, -0.2) is 0 Å². The summed E-state index contributed by atoms with van der Waals surface area (Å²) in [6.45, 7) is 24.8. The Morgan fingerprint density at radius 3 is 1.24 bits per heavy atom. The first-order valence-corrected chi connectivity index (χ1v) is 21.3. The summed E-state index contributed by atoms with van der Waals surface area (Å²) in [6.07, 6.45) is 0. The molecule has 0 amide bonds. The molecule has 0 bridgehead atoms. The maximum Gasteiger partial charge on any atom is 0.221 e. The summed E-state index contributed by atoms with van der Waals surface area (Å²) in [5.41, 5.74) is 0. The quantitative estimate of drug-likeness (QED) is 0.500. The fourth-order valence-corrected chi connectivity index (χ4v) is 41.8. The third-order valence-corrected chi connectivity index (χ3v) is 45.4. The second-order valence-electron chi connectivity index (χ2n) is 9.00. The van der Waals surface area contributed by atoms with Gasteiger partial charge in [0.25, 0.3) is 0 Å². The van der Waals surface area contributed by atoms with Crippen LogP contribution in [-0.2, 0) is 0 Å². The molecule has 0 saturated heterocycles. The van der Waals surface area contributed by atoms with Crippen molar-refractivity contribution in [3.63, 3.8) is 0 Å². The zero-order valence-corrected chi connectivity index (χ0v) is 23.0. The SMILES string of the molecule is CCN(CC)[Si](c1ccccc1)(N(CC)CC)[Si](C)(C)[Si](C)(C)c1ccccc1. The van der Waals surface area contributed by atoms with Crippen LogP contribution in [0.2, 0.25) is 26.2 Å². The molecule has 29 heavy (non-hydrogen) atoms. The summed E-state index contributed by atoms with van der Waals surface area (Å²) in [4.78, 5) is 0. The molecule has 0 aromatic heterocycles. The second-order valence-corrected chi connectivity index (χ2v) is 34.1. The summed E-state index contributed by atoms with van der Waals surface area (Å²) in [7, 11) is -5.58. The van der Waals surface area contributed by atoms with Crippen molar-refractivity contribution in [1.82, 2.24) is 9.13 Å². The normalized spacial score (nSPS) is 13.3. The predicted molar refractivity (Wildman–Crippen MR) is 139 cm³/mol. The molecule has 5 heteroatoms. The van der Waals surface area contributed by atoms with Gasteiger partial charge < -0.3 is 9.13 Å². The van der Waals surface area contributed by atoms with Crippen molar-refractivity contribution >= 4 is 33.0 Å². The number of rotatable bonds is 10. The van der Waals surface area contributed by atoms with Crippen LogP contribution in [0, 0.1) is 0 Å². The van der Waals surface area contributed by atoms with E-state index in [1.807, 2.05) is 0 Å². The number of benzene rings is 2. The van der Waals surface area contributed by atoms with Gasteiger partial charge in [0.2, 0.25) is 7.91 Å². The predicted octanol–water partition coefficient (Wildman–Crippen LogP) is 4.50. The van der Waals surface area contributed by atoms with Crippen LogP contribution in [0.15, 0.2) is 60.7 Å². The van der Waals surface area contributed by atoms with Crippen LogP contribution in [0.1, 0.15) is 27.7 Å². The van der Waals surface area contributed by atoms with Crippen molar-refractivity contribution < 1.29 is 0 Å². The standard InChI is InChI=1S/C24H42N2Si3/c1-9-25(10-2)29(26(11-3)12-4,24-21-17-14-18-22-24)28(7,8)27(5,6)23-19-15-13-16-20-23/h13-22H,9-12H2,1-8H3. The van der Waals surface area contributed by atoms with Gasteiger partial charge in [-0.05, 0) is 31.4 Å². The van der Waals surface area contributed by atoms with Gasteiger partial charge in [-0.3, -0.25) is 0 Å². The van der Waals surface area contributed by atoms with Crippen molar-refractivity contribution in [2.75, 3.05) is 26.2 Å². The van der Waals surface area contributed by atoms with Crippen molar-refractivity contribution in [2.45, 2.75) is 53.9 Å². The highest BCUT2D eigenvalue weighted by molar-refractivity contribution is 7.72. The lowest BCUT2D eigenvalue weighted by molar-refractivity contribution is 0.377. The molecule has 0 N–H and O–H groups in total. The molecule has 2 aromatic carbocycles. The van der Waals surface area contributed by atoms with E-state index < -0.39 is 22.6 Å². The van der Waals surface area contributed by atoms with Gasteiger partial charge in [-0.15, -0.1) is 0 Å². The van der Waals surface area contributed by atoms with Gasteiger partial charge >= 0.3 is 0 Å². The Balaban J connectivity index is 2.90. The van der Waals surface area contributed by atoms with Crippen molar-refractivity contribution in [1.29, 1.82) is 0 Å². The molecule has 0 aliphatic carbocycles. The van der Waals surface area contributed by atoms with E-state index in [4.69, 9.17) is 0 Å². The number of nitrogens with zero attached hydrogens (tertiary/aromatic N) is 2. The Bertz CT molecular complexity index is 727. The lowest BCUT2D eigenvalue weighted by atomic mass is 10.4. The van der Waals surface area contributed by atoms with Crippen LogP contribution in [0.4, 0.5) is 0 Å². The third kappa shape index (κ3) is 4.00.